The molecule has 0 aliphatic heterocycles. The van der Waals surface area contributed by atoms with E-state index in [0.29, 0.717) is 11.4 Å². The van der Waals surface area contributed by atoms with Crippen LogP contribution in [0.15, 0.2) is 47.2 Å². The number of nitrogens with zero attached hydrogens (tertiary/aromatic N) is 1. The second-order valence-corrected chi connectivity index (χ2v) is 5.43. The molecule has 1 aromatic heterocycles. The normalized spacial score (nSPS) is 12.4. The van der Waals surface area contributed by atoms with Crippen LogP contribution in [0.3, 0.4) is 0 Å². The zero-order valence-corrected chi connectivity index (χ0v) is 12.0. The predicted molar refractivity (Wildman–Crippen MR) is 76.9 cm³/mol. The van der Waals surface area contributed by atoms with Crippen LogP contribution in [0.4, 0.5) is 0 Å². The molecule has 2 rings (SSSR count). The van der Waals surface area contributed by atoms with E-state index in [1.807, 2.05) is 30.3 Å². The standard InChI is InChI=1S/C14H13BrClNO/c15-13-3-1-2-10(7-13)12(9-18)6-11-4-5-17-8-14(11)16/h1-5,7-8,12,18H,6,9H2. The molecule has 2 nitrogen and oxygen atoms in total. The number of halogens is 2. The second kappa shape index (κ2) is 6.32. The number of benzene rings is 1. The Morgan fingerprint density at radius 3 is 2.83 bits per heavy atom. The van der Waals surface area contributed by atoms with Crippen molar-refractivity contribution >= 4 is 27.5 Å². The maximum atomic E-state index is 9.55. The topological polar surface area (TPSA) is 33.1 Å². The molecule has 1 aromatic carbocycles. The van der Waals surface area contributed by atoms with E-state index in [2.05, 4.69) is 20.9 Å². The summed E-state index contributed by atoms with van der Waals surface area (Å²) in [6.07, 6.45) is 4.05. The van der Waals surface area contributed by atoms with Crippen molar-refractivity contribution < 1.29 is 5.11 Å². The predicted octanol–water partition coefficient (Wildman–Crippen LogP) is 3.82. The van der Waals surface area contributed by atoms with Crippen LogP contribution < -0.4 is 0 Å². The lowest BCUT2D eigenvalue weighted by molar-refractivity contribution is 0.264. The Morgan fingerprint density at radius 1 is 1.33 bits per heavy atom. The zero-order valence-electron chi connectivity index (χ0n) is 9.68. The molecule has 0 radical (unpaired) electrons. The highest BCUT2D eigenvalue weighted by Gasteiger charge is 2.13. The highest BCUT2D eigenvalue weighted by atomic mass is 79.9. The molecule has 0 aliphatic rings. The summed E-state index contributed by atoms with van der Waals surface area (Å²) in [4.78, 5) is 3.96. The number of aromatic nitrogens is 1. The molecule has 0 spiro atoms. The fourth-order valence-electron chi connectivity index (χ4n) is 1.88. The van der Waals surface area contributed by atoms with Gasteiger partial charge in [-0.3, -0.25) is 4.98 Å². The minimum absolute atomic E-state index is 0.0439. The fraction of sp³-hybridized carbons (Fsp3) is 0.214. The summed E-state index contributed by atoms with van der Waals surface area (Å²) in [7, 11) is 0. The maximum Gasteiger partial charge on any atom is 0.0621 e. The first-order chi connectivity index (χ1) is 8.70. The minimum atomic E-state index is 0.0439. The van der Waals surface area contributed by atoms with Crippen LogP contribution in [0.2, 0.25) is 5.02 Å². The van der Waals surface area contributed by atoms with E-state index in [9.17, 15) is 5.11 Å². The lowest BCUT2D eigenvalue weighted by atomic mass is 9.93. The number of hydrogen-bond acceptors (Lipinski definition) is 2. The first-order valence-corrected chi connectivity index (χ1v) is 6.82. The van der Waals surface area contributed by atoms with Gasteiger partial charge in [0.2, 0.25) is 0 Å². The van der Waals surface area contributed by atoms with Gasteiger partial charge in [-0.1, -0.05) is 39.7 Å². The summed E-state index contributed by atoms with van der Waals surface area (Å²) in [5.74, 6) is 0.0439. The molecule has 1 heterocycles. The van der Waals surface area contributed by atoms with Gasteiger partial charge in [0.1, 0.15) is 0 Å². The van der Waals surface area contributed by atoms with Gasteiger partial charge in [-0.25, -0.2) is 0 Å². The van der Waals surface area contributed by atoms with Crippen LogP contribution in [-0.4, -0.2) is 16.7 Å². The molecular formula is C14H13BrClNO. The van der Waals surface area contributed by atoms with Crippen molar-refractivity contribution in [2.45, 2.75) is 12.3 Å². The third kappa shape index (κ3) is 3.31. The van der Waals surface area contributed by atoms with Gasteiger partial charge < -0.3 is 5.11 Å². The van der Waals surface area contributed by atoms with Gasteiger partial charge in [0.15, 0.2) is 0 Å². The molecule has 0 bridgehead atoms. The molecule has 4 heteroatoms. The van der Waals surface area contributed by atoms with E-state index in [-0.39, 0.29) is 12.5 Å². The quantitative estimate of drug-likeness (QED) is 0.926. The highest BCUT2D eigenvalue weighted by Crippen LogP contribution is 2.26. The number of hydrogen-bond donors (Lipinski definition) is 1. The molecule has 1 N–H and O–H groups in total. The smallest absolute Gasteiger partial charge is 0.0621 e. The van der Waals surface area contributed by atoms with Gasteiger partial charge in [0, 0.05) is 22.8 Å². The Hall–Kier alpha value is -0.900. The Kier molecular flexibility index (Phi) is 4.75. The van der Waals surface area contributed by atoms with E-state index < -0.39 is 0 Å². The Bertz CT molecular complexity index is 533. The molecule has 1 atom stereocenters. The largest absolute Gasteiger partial charge is 0.396 e. The van der Waals surface area contributed by atoms with Gasteiger partial charge in [0.05, 0.1) is 11.6 Å². The average Bonchev–Trinajstić information content (AvgIpc) is 2.38. The summed E-state index contributed by atoms with van der Waals surface area (Å²) >= 11 is 9.53. The lowest BCUT2D eigenvalue weighted by Crippen LogP contribution is -2.08. The summed E-state index contributed by atoms with van der Waals surface area (Å²) in [6.45, 7) is 0.0924. The average molecular weight is 327 g/mol. The summed E-state index contributed by atoms with van der Waals surface area (Å²) in [5.41, 5.74) is 2.10. The van der Waals surface area contributed by atoms with E-state index in [0.717, 1.165) is 15.6 Å². The van der Waals surface area contributed by atoms with Crippen molar-refractivity contribution in [3.63, 3.8) is 0 Å². The summed E-state index contributed by atoms with van der Waals surface area (Å²) in [5, 5.41) is 10.2. The minimum Gasteiger partial charge on any atom is -0.396 e. The van der Waals surface area contributed by atoms with Crippen LogP contribution in [0.5, 0.6) is 0 Å². The number of pyridine rings is 1. The van der Waals surface area contributed by atoms with Crippen LogP contribution in [0, 0.1) is 0 Å². The Labute approximate surface area is 120 Å². The maximum absolute atomic E-state index is 9.55. The summed E-state index contributed by atoms with van der Waals surface area (Å²) < 4.78 is 1.01. The van der Waals surface area contributed by atoms with E-state index in [1.54, 1.807) is 12.4 Å². The fourth-order valence-corrected chi connectivity index (χ4v) is 2.50. The molecule has 18 heavy (non-hydrogen) atoms. The molecule has 94 valence electrons. The van der Waals surface area contributed by atoms with E-state index in [1.165, 1.54) is 0 Å². The molecule has 0 aliphatic carbocycles. The monoisotopic (exact) mass is 325 g/mol. The van der Waals surface area contributed by atoms with Crippen molar-refractivity contribution in [3.05, 3.63) is 63.3 Å². The Morgan fingerprint density at radius 2 is 2.17 bits per heavy atom. The first kappa shape index (κ1) is 13.5. The van der Waals surface area contributed by atoms with Gasteiger partial charge in [-0.05, 0) is 35.7 Å². The molecule has 0 fully saturated rings. The van der Waals surface area contributed by atoms with Crippen molar-refractivity contribution in [2.75, 3.05) is 6.61 Å². The van der Waals surface area contributed by atoms with Gasteiger partial charge in [-0.15, -0.1) is 0 Å². The van der Waals surface area contributed by atoms with Gasteiger partial charge >= 0.3 is 0 Å². The van der Waals surface area contributed by atoms with Crippen molar-refractivity contribution in [2.24, 2.45) is 0 Å². The highest BCUT2D eigenvalue weighted by molar-refractivity contribution is 9.10. The van der Waals surface area contributed by atoms with Gasteiger partial charge in [0.25, 0.3) is 0 Å². The second-order valence-electron chi connectivity index (χ2n) is 4.11. The van der Waals surface area contributed by atoms with Gasteiger partial charge in [-0.2, -0.15) is 0 Å². The molecule has 1 unspecified atom stereocenters. The number of aliphatic hydroxyl groups is 1. The Balaban J connectivity index is 2.23. The van der Waals surface area contributed by atoms with Crippen LogP contribution in [0.25, 0.3) is 0 Å². The van der Waals surface area contributed by atoms with Crippen molar-refractivity contribution in [1.82, 2.24) is 4.98 Å². The summed E-state index contributed by atoms with van der Waals surface area (Å²) in [6, 6.07) is 9.87. The molecule has 2 aromatic rings. The third-order valence-corrected chi connectivity index (χ3v) is 3.70. The lowest BCUT2D eigenvalue weighted by Gasteiger charge is -2.15. The first-order valence-electron chi connectivity index (χ1n) is 5.65. The zero-order chi connectivity index (χ0) is 13.0. The third-order valence-electron chi connectivity index (χ3n) is 2.86. The van der Waals surface area contributed by atoms with Crippen molar-refractivity contribution in [3.8, 4) is 0 Å². The van der Waals surface area contributed by atoms with E-state index >= 15 is 0 Å². The molecule has 0 saturated heterocycles. The van der Waals surface area contributed by atoms with Crippen molar-refractivity contribution in [1.29, 1.82) is 0 Å². The molecular weight excluding hydrogens is 314 g/mol. The van der Waals surface area contributed by atoms with Crippen LogP contribution in [0.1, 0.15) is 17.0 Å². The number of rotatable bonds is 4. The molecule has 0 saturated carbocycles. The van der Waals surface area contributed by atoms with Crippen LogP contribution >= 0.6 is 27.5 Å². The molecule has 0 amide bonds. The SMILES string of the molecule is OCC(Cc1ccncc1Cl)c1cccc(Br)c1. The van der Waals surface area contributed by atoms with E-state index in [4.69, 9.17) is 11.6 Å². The van der Waals surface area contributed by atoms with Crippen LogP contribution in [-0.2, 0) is 6.42 Å². The number of aliphatic hydroxyl groups excluding tert-OH is 1.